The number of nitrogens with zero attached hydrogens (tertiary/aromatic N) is 3. The molecule has 2 aromatic rings. The number of hydrogen-bond donors (Lipinski definition) is 2. The Kier molecular flexibility index (Phi) is 6.08. The zero-order chi connectivity index (χ0) is 20.1. The van der Waals surface area contributed by atoms with E-state index >= 15 is 0 Å². The number of hydrogen-bond acceptors (Lipinski definition) is 6. The highest BCUT2D eigenvalue weighted by molar-refractivity contribution is 6.39. The molecule has 0 atom stereocenters. The van der Waals surface area contributed by atoms with Crippen molar-refractivity contribution in [3.8, 4) is 11.5 Å². The van der Waals surface area contributed by atoms with E-state index in [1.807, 2.05) is 14.1 Å². The number of benzene rings is 1. The van der Waals surface area contributed by atoms with Crippen LogP contribution in [0.5, 0.6) is 0 Å². The second kappa shape index (κ2) is 8.52. The zero-order valence-electron chi connectivity index (χ0n) is 16.6. The first-order valence-electron chi connectivity index (χ1n) is 9.57. The standard InChI is InChI=1S/C20H27N5O3/c1-14-23-24-19(28-14)15-7-9-16(10-8-15)22-18(27)17(26)21-13-20(25(2)3)11-5-4-6-12-20/h7-10H,4-6,11-13H2,1-3H3,(H,21,26)(H,22,27). The number of carbonyl (C=O) groups excluding carboxylic acids is 2. The van der Waals surface area contributed by atoms with Gasteiger partial charge in [0.2, 0.25) is 11.8 Å². The highest BCUT2D eigenvalue weighted by atomic mass is 16.4. The molecule has 28 heavy (non-hydrogen) atoms. The Hall–Kier alpha value is -2.74. The van der Waals surface area contributed by atoms with Gasteiger partial charge in [-0.05, 0) is 51.2 Å². The third-order valence-electron chi connectivity index (χ3n) is 5.43. The van der Waals surface area contributed by atoms with Crippen LogP contribution in [-0.2, 0) is 9.59 Å². The topological polar surface area (TPSA) is 100 Å². The molecule has 0 spiro atoms. The molecule has 8 nitrogen and oxygen atoms in total. The van der Waals surface area contributed by atoms with Crippen molar-refractivity contribution < 1.29 is 14.0 Å². The van der Waals surface area contributed by atoms with Gasteiger partial charge in [0.05, 0.1) is 0 Å². The molecule has 1 aliphatic rings. The van der Waals surface area contributed by atoms with Gasteiger partial charge in [-0.15, -0.1) is 10.2 Å². The molecule has 0 bridgehead atoms. The molecule has 1 aromatic heterocycles. The summed E-state index contributed by atoms with van der Waals surface area (Å²) in [7, 11) is 4.06. The quantitative estimate of drug-likeness (QED) is 0.767. The molecule has 1 fully saturated rings. The number of likely N-dealkylation sites (N-methyl/N-ethyl adjacent to an activating group) is 1. The Balaban J connectivity index is 1.56. The number of carbonyl (C=O) groups is 2. The van der Waals surface area contributed by atoms with Gasteiger partial charge in [-0.1, -0.05) is 19.3 Å². The van der Waals surface area contributed by atoms with E-state index in [0.717, 1.165) is 31.2 Å². The van der Waals surface area contributed by atoms with Crippen LogP contribution in [0, 0.1) is 6.92 Å². The number of anilines is 1. The molecule has 0 saturated heterocycles. The van der Waals surface area contributed by atoms with Crippen LogP contribution in [-0.4, -0.2) is 53.1 Å². The van der Waals surface area contributed by atoms with Crippen molar-refractivity contribution in [2.45, 2.75) is 44.6 Å². The summed E-state index contributed by atoms with van der Waals surface area (Å²) in [4.78, 5) is 26.7. The Morgan fingerprint density at radius 1 is 1.07 bits per heavy atom. The van der Waals surface area contributed by atoms with Crippen LogP contribution in [0.25, 0.3) is 11.5 Å². The highest BCUT2D eigenvalue weighted by Crippen LogP contribution is 2.31. The molecule has 2 amide bonds. The zero-order valence-corrected chi connectivity index (χ0v) is 16.6. The molecular formula is C20H27N5O3. The van der Waals surface area contributed by atoms with E-state index in [1.165, 1.54) is 6.42 Å². The highest BCUT2D eigenvalue weighted by Gasteiger charge is 2.35. The maximum Gasteiger partial charge on any atom is 0.313 e. The first-order valence-corrected chi connectivity index (χ1v) is 9.57. The fraction of sp³-hybridized carbons (Fsp3) is 0.500. The van der Waals surface area contributed by atoms with Crippen LogP contribution in [0.2, 0.25) is 0 Å². The number of nitrogens with one attached hydrogen (secondary N) is 2. The second-order valence-electron chi connectivity index (χ2n) is 7.52. The normalized spacial score (nSPS) is 16.0. The summed E-state index contributed by atoms with van der Waals surface area (Å²) in [5.74, 6) is -0.401. The van der Waals surface area contributed by atoms with Crippen LogP contribution in [0.3, 0.4) is 0 Å². The van der Waals surface area contributed by atoms with Crippen molar-refractivity contribution in [1.29, 1.82) is 0 Å². The Morgan fingerprint density at radius 2 is 1.75 bits per heavy atom. The van der Waals surface area contributed by atoms with E-state index in [4.69, 9.17) is 4.42 Å². The summed E-state index contributed by atoms with van der Waals surface area (Å²) < 4.78 is 5.37. The number of rotatable bonds is 5. The van der Waals surface area contributed by atoms with Gasteiger partial charge in [-0.25, -0.2) is 0 Å². The summed E-state index contributed by atoms with van der Waals surface area (Å²) in [6.45, 7) is 2.19. The van der Waals surface area contributed by atoms with Crippen LogP contribution in [0.4, 0.5) is 5.69 Å². The third kappa shape index (κ3) is 4.56. The molecule has 0 aliphatic heterocycles. The van der Waals surface area contributed by atoms with E-state index in [0.29, 0.717) is 24.0 Å². The predicted molar refractivity (Wildman–Crippen MR) is 106 cm³/mol. The van der Waals surface area contributed by atoms with Crippen molar-refractivity contribution in [3.05, 3.63) is 30.2 Å². The maximum absolute atomic E-state index is 12.3. The van der Waals surface area contributed by atoms with E-state index in [9.17, 15) is 9.59 Å². The minimum absolute atomic E-state index is 0.0714. The average Bonchev–Trinajstić information content (AvgIpc) is 3.13. The van der Waals surface area contributed by atoms with Gasteiger partial charge in [-0.2, -0.15) is 0 Å². The van der Waals surface area contributed by atoms with Gasteiger partial charge in [0.25, 0.3) is 0 Å². The third-order valence-corrected chi connectivity index (χ3v) is 5.43. The molecule has 0 unspecified atom stereocenters. The second-order valence-corrected chi connectivity index (χ2v) is 7.52. The summed E-state index contributed by atoms with van der Waals surface area (Å²) in [6.07, 6.45) is 5.57. The smallest absolute Gasteiger partial charge is 0.313 e. The molecule has 1 aromatic carbocycles. The predicted octanol–water partition coefficient (Wildman–Crippen LogP) is 2.36. The van der Waals surface area contributed by atoms with Gasteiger partial charge in [0.15, 0.2) is 0 Å². The fourth-order valence-corrected chi connectivity index (χ4v) is 3.61. The van der Waals surface area contributed by atoms with E-state index in [-0.39, 0.29) is 5.54 Å². The van der Waals surface area contributed by atoms with E-state index in [2.05, 4.69) is 25.7 Å². The largest absolute Gasteiger partial charge is 0.421 e. The minimum atomic E-state index is -0.675. The molecule has 2 N–H and O–H groups in total. The van der Waals surface area contributed by atoms with Crippen LogP contribution in [0.1, 0.15) is 38.0 Å². The monoisotopic (exact) mass is 385 g/mol. The lowest BCUT2D eigenvalue weighted by Gasteiger charge is -2.43. The van der Waals surface area contributed by atoms with Gasteiger partial charge in [0.1, 0.15) is 0 Å². The van der Waals surface area contributed by atoms with Gasteiger partial charge in [-0.3, -0.25) is 9.59 Å². The first-order chi connectivity index (χ1) is 13.4. The summed E-state index contributed by atoms with van der Waals surface area (Å²) in [6, 6.07) is 6.90. The first kappa shape index (κ1) is 20.0. The molecular weight excluding hydrogens is 358 g/mol. The Bertz CT molecular complexity index is 823. The number of aromatic nitrogens is 2. The lowest BCUT2D eigenvalue weighted by atomic mass is 9.80. The molecule has 8 heteroatoms. The molecule has 1 aliphatic carbocycles. The van der Waals surface area contributed by atoms with Gasteiger partial charge >= 0.3 is 11.8 Å². The van der Waals surface area contributed by atoms with Crippen molar-refractivity contribution in [2.75, 3.05) is 26.0 Å². The van der Waals surface area contributed by atoms with Crippen LogP contribution >= 0.6 is 0 Å². The van der Waals surface area contributed by atoms with Crippen LogP contribution in [0.15, 0.2) is 28.7 Å². The van der Waals surface area contributed by atoms with Crippen molar-refractivity contribution in [3.63, 3.8) is 0 Å². The SMILES string of the molecule is Cc1nnc(-c2ccc(NC(=O)C(=O)NCC3(N(C)C)CCCCC3)cc2)o1. The minimum Gasteiger partial charge on any atom is -0.421 e. The molecule has 3 rings (SSSR count). The van der Waals surface area contributed by atoms with Gasteiger partial charge in [0, 0.05) is 30.3 Å². The van der Waals surface area contributed by atoms with Crippen LogP contribution < -0.4 is 10.6 Å². The number of amides is 2. The summed E-state index contributed by atoms with van der Waals surface area (Å²) in [5.41, 5.74) is 1.20. The summed E-state index contributed by atoms with van der Waals surface area (Å²) >= 11 is 0. The van der Waals surface area contributed by atoms with E-state index < -0.39 is 11.8 Å². The lowest BCUT2D eigenvalue weighted by Crippen LogP contribution is -2.55. The fourth-order valence-electron chi connectivity index (χ4n) is 3.61. The average molecular weight is 385 g/mol. The summed E-state index contributed by atoms with van der Waals surface area (Å²) in [5, 5.41) is 13.2. The molecule has 0 radical (unpaired) electrons. The maximum atomic E-state index is 12.3. The number of aryl methyl sites for hydroxylation is 1. The lowest BCUT2D eigenvalue weighted by molar-refractivity contribution is -0.136. The molecule has 1 heterocycles. The van der Waals surface area contributed by atoms with Crippen molar-refractivity contribution in [1.82, 2.24) is 20.4 Å². The Morgan fingerprint density at radius 3 is 2.32 bits per heavy atom. The van der Waals surface area contributed by atoms with Crippen molar-refractivity contribution >= 4 is 17.5 Å². The van der Waals surface area contributed by atoms with Crippen molar-refractivity contribution in [2.24, 2.45) is 0 Å². The van der Waals surface area contributed by atoms with Gasteiger partial charge < -0.3 is 20.0 Å². The van der Waals surface area contributed by atoms with E-state index in [1.54, 1.807) is 31.2 Å². The molecule has 150 valence electrons. The molecule has 1 saturated carbocycles. The Labute approximate surface area is 164 Å².